The van der Waals surface area contributed by atoms with Gasteiger partial charge in [0.05, 0.1) is 11.0 Å². The fraction of sp³-hybridized carbons (Fsp3) is 0.263. The number of fused-ring (bicyclic) bond motifs is 1. The third-order valence-corrected chi connectivity index (χ3v) is 5.00. The number of aromatic amines is 2. The minimum Gasteiger partial charge on any atom is -0.322 e. The second-order valence-electron chi connectivity index (χ2n) is 6.29. The van der Waals surface area contributed by atoms with Gasteiger partial charge in [0.2, 0.25) is 0 Å². The second kappa shape index (κ2) is 5.67. The van der Waals surface area contributed by atoms with Crippen molar-refractivity contribution in [1.29, 1.82) is 0 Å². The summed E-state index contributed by atoms with van der Waals surface area (Å²) >= 11 is 0. The Hall–Kier alpha value is -2.82. The molecule has 3 aromatic rings. The average Bonchev–Trinajstić information content (AvgIpc) is 2.90. The Bertz CT molecular complexity index is 996. The first-order valence-corrected chi connectivity index (χ1v) is 7.90. The zero-order valence-corrected chi connectivity index (χ0v) is 14.5. The molecule has 0 aliphatic heterocycles. The van der Waals surface area contributed by atoms with Crippen molar-refractivity contribution >= 4 is 22.6 Å². The third kappa shape index (κ3) is 2.52. The number of amides is 1. The molecule has 1 aromatic heterocycles. The van der Waals surface area contributed by atoms with Crippen LogP contribution >= 0.6 is 0 Å². The molecule has 124 valence electrons. The van der Waals surface area contributed by atoms with Crippen LogP contribution in [-0.2, 0) is 0 Å². The van der Waals surface area contributed by atoms with E-state index in [1.165, 1.54) is 5.56 Å². The summed E-state index contributed by atoms with van der Waals surface area (Å²) in [5.41, 5.74) is 8.03. The zero-order valence-electron chi connectivity index (χ0n) is 14.5. The molecule has 0 saturated carbocycles. The van der Waals surface area contributed by atoms with Gasteiger partial charge < -0.3 is 15.3 Å². The zero-order chi connectivity index (χ0) is 17.6. The number of aromatic nitrogens is 2. The van der Waals surface area contributed by atoms with Crippen LogP contribution in [0.3, 0.4) is 0 Å². The molecule has 0 aliphatic carbocycles. The quantitative estimate of drug-likeness (QED) is 0.673. The first-order valence-electron chi connectivity index (χ1n) is 7.90. The number of rotatable bonds is 2. The van der Waals surface area contributed by atoms with Gasteiger partial charge in [-0.05, 0) is 80.6 Å². The maximum atomic E-state index is 12.8. The van der Waals surface area contributed by atoms with Gasteiger partial charge in [0.15, 0.2) is 0 Å². The molecule has 5 heteroatoms. The number of hydrogen-bond donors (Lipinski definition) is 3. The second-order valence-corrected chi connectivity index (χ2v) is 6.29. The topological polar surface area (TPSA) is 77.8 Å². The van der Waals surface area contributed by atoms with Crippen LogP contribution < -0.4 is 11.0 Å². The van der Waals surface area contributed by atoms with Crippen molar-refractivity contribution in [1.82, 2.24) is 9.97 Å². The van der Waals surface area contributed by atoms with E-state index >= 15 is 0 Å². The summed E-state index contributed by atoms with van der Waals surface area (Å²) in [4.78, 5) is 29.5. The molecule has 0 atom stereocenters. The van der Waals surface area contributed by atoms with Gasteiger partial charge in [-0.3, -0.25) is 4.79 Å². The lowest BCUT2D eigenvalue weighted by molar-refractivity contribution is 0.102. The summed E-state index contributed by atoms with van der Waals surface area (Å²) < 4.78 is 0. The lowest BCUT2D eigenvalue weighted by Gasteiger charge is -2.18. The van der Waals surface area contributed by atoms with E-state index in [0.29, 0.717) is 16.7 Å². The van der Waals surface area contributed by atoms with Crippen molar-refractivity contribution in [2.24, 2.45) is 0 Å². The van der Waals surface area contributed by atoms with Gasteiger partial charge in [-0.15, -0.1) is 0 Å². The van der Waals surface area contributed by atoms with E-state index in [-0.39, 0.29) is 11.6 Å². The first-order chi connectivity index (χ1) is 11.3. The van der Waals surface area contributed by atoms with Crippen molar-refractivity contribution in [3.05, 3.63) is 62.1 Å². The standard InChI is InChI=1S/C19H21N3O2/c1-9-10(2)12(4)17(13(5)11(9)3)18(23)20-14-6-7-15-16(8-14)22-19(24)21-15/h6-8H,1-5H3,(H,20,23)(H2,21,22,24). The molecule has 0 saturated heterocycles. The van der Waals surface area contributed by atoms with Gasteiger partial charge in [-0.25, -0.2) is 4.79 Å². The lowest BCUT2D eigenvalue weighted by Crippen LogP contribution is -2.17. The van der Waals surface area contributed by atoms with Crippen LogP contribution in [0.5, 0.6) is 0 Å². The summed E-state index contributed by atoms with van der Waals surface area (Å²) in [6, 6.07) is 5.31. The van der Waals surface area contributed by atoms with E-state index in [4.69, 9.17) is 0 Å². The Morgan fingerprint density at radius 2 is 1.38 bits per heavy atom. The molecule has 0 fully saturated rings. The van der Waals surface area contributed by atoms with Crippen LogP contribution in [0.2, 0.25) is 0 Å². The average molecular weight is 323 g/mol. The summed E-state index contributed by atoms with van der Waals surface area (Å²) in [6.07, 6.45) is 0. The third-order valence-electron chi connectivity index (χ3n) is 5.00. The summed E-state index contributed by atoms with van der Waals surface area (Å²) in [6.45, 7) is 10.1. The van der Waals surface area contributed by atoms with Crippen LogP contribution in [0.4, 0.5) is 5.69 Å². The highest BCUT2D eigenvalue weighted by Crippen LogP contribution is 2.27. The Labute approximate surface area is 140 Å². The smallest absolute Gasteiger partial charge is 0.322 e. The van der Waals surface area contributed by atoms with Gasteiger partial charge in [-0.1, -0.05) is 0 Å². The van der Waals surface area contributed by atoms with E-state index in [1.54, 1.807) is 18.2 Å². The van der Waals surface area contributed by atoms with Gasteiger partial charge in [0, 0.05) is 11.3 Å². The van der Waals surface area contributed by atoms with Gasteiger partial charge >= 0.3 is 5.69 Å². The van der Waals surface area contributed by atoms with Crippen LogP contribution in [0.1, 0.15) is 38.2 Å². The molecular formula is C19H21N3O2. The number of carbonyl (C=O) groups excluding carboxylic acids is 1. The molecule has 0 aliphatic rings. The predicted molar refractivity (Wildman–Crippen MR) is 97.0 cm³/mol. The molecule has 0 radical (unpaired) electrons. The van der Waals surface area contributed by atoms with Crippen molar-refractivity contribution in [2.75, 3.05) is 5.32 Å². The molecule has 5 nitrogen and oxygen atoms in total. The number of imidazole rings is 1. The molecule has 0 unspecified atom stereocenters. The number of benzene rings is 2. The monoisotopic (exact) mass is 323 g/mol. The molecule has 3 rings (SSSR count). The lowest BCUT2D eigenvalue weighted by atomic mass is 9.89. The highest BCUT2D eigenvalue weighted by atomic mass is 16.2. The molecule has 24 heavy (non-hydrogen) atoms. The van der Waals surface area contributed by atoms with E-state index < -0.39 is 0 Å². The van der Waals surface area contributed by atoms with Crippen molar-refractivity contribution in [3.8, 4) is 0 Å². The summed E-state index contributed by atoms with van der Waals surface area (Å²) in [5.74, 6) is -0.131. The van der Waals surface area contributed by atoms with Crippen LogP contribution in [0.15, 0.2) is 23.0 Å². The predicted octanol–water partition coefficient (Wildman–Crippen LogP) is 3.65. The minimum absolute atomic E-state index is 0.131. The first kappa shape index (κ1) is 16.1. The Morgan fingerprint density at radius 3 is 2.00 bits per heavy atom. The van der Waals surface area contributed by atoms with E-state index in [9.17, 15) is 9.59 Å². The Kier molecular flexibility index (Phi) is 3.79. The van der Waals surface area contributed by atoms with Crippen LogP contribution in [0.25, 0.3) is 11.0 Å². The molecule has 0 bridgehead atoms. The van der Waals surface area contributed by atoms with E-state index in [2.05, 4.69) is 22.2 Å². The van der Waals surface area contributed by atoms with Crippen LogP contribution in [-0.4, -0.2) is 15.9 Å². The molecule has 0 spiro atoms. The van der Waals surface area contributed by atoms with Crippen LogP contribution in [0, 0.1) is 34.6 Å². The summed E-state index contributed by atoms with van der Waals surface area (Å²) in [5, 5.41) is 2.94. The van der Waals surface area contributed by atoms with E-state index in [1.807, 2.05) is 27.7 Å². The Morgan fingerprint density at radius 1 is 0.833 bits per heavy atom. The van der Waals surface area contributed by atoms with Gasteiger partial charge in [-0.2, -0.15) is 0 Å². The number of carbonyl (C=O) groups is 1. The number of nitrogens with one attached hydrogen (secondary N) is 3. The largest absolute Gasteiger partial charge is 0.323 e. The number of hydrogen-bond acceptors (Lipinski definition) is 2. The fourth-order valence-electron chi connectivity index (χ4n) is 3.14. The van der Waals surface area contributed by atoms with Gasteiger partial charge in [0.25, 0.3) is 5.91 Å². The Balaban J connectivity index is 2.01. The molecule has 1 amide bonds. The maximum Gasteiger partial charge on any atom is 0.323 e. The SMILES string of the molecule is Cc1c(C)c(C)c(C(=O)Nc2ccc3[nH]c(=O)[nH]c3c2)c(C)c1C. The maximum absolute atomic E-state index is 12.8. The molecule has 3 N–H and O–H groups in total. The van der Waals surface area contributed by atoms with Gasteiger partial charge in [0.1, 0.15) is 0 Å². The number of anilines is 1. The summed E-state index contributed by atoms with van der Waals surface area (Å²) in [7, 11) is 0. The highest BCUT2D eigenvalue weighted by Gasteiger charge is 2.18. The fourth-order valence-corrected chi connectivity index (χ4v) is 3.14. The van der Waals surface area contributed by atoms with Crippen molar-refractivity contribution in [3.63, 3.8) is 0 Å². The van der Waals surface area contributed by atoms with E-state index in [0.717, 1.165) is 27.8 Å². The normalized spacial score (nSPS) is 11.0. The molecule has 2 aromatic carbocycles. The molecule has 1 heterocycles. The van der Waals surface area contributed by atoms with Crippen molar-refractivity contribution < 1.29 is 4.79 Å². The van der Waals surface area contributed by atoms with Crippen molar-refractivity contribution in [2.45, 2.75) is 34.6 Å². The highest BCUT2D eigenvalue weighted by molar-refractivity contribution is 6.07. The molecular weight excluding hydrogens is 302 g/mol. The minimum atomic E-state index is -0.259. The number of H-pyrrole nitrogens is 2.